The normalized spacial score (nSPS) is 17.8. The summed E-state index contributed by atoms with van der Waals surface area (Å²) in [4.78, 5) is 2.64. The van der Waals surface area contributed by atoms with Gasteiger partial charge in [-0.3, -0.25) is 4.90 Å². The highest BCUT2D eigenvalue weighted by Gasteiger charge is 2.29. The number of benzene rings is 1. The number of methoxy groups -OCH3 is 1. The van der Waals surface area contributed by atoms with Gasteiger partial charge in [0.2, 0.25) is 0 Å². The first kappa shape index (κ1) is 14.9. The lowest BCUT2D eigenvalue weighted by Gasteiger charge is -2.28. The van der Waals surface area contributed by atoms with Crippen molar-refractivity contribution in [3.05, 3.63) is 27.7 Å². The zero-order chi connectivity index (χ0) is 13.8. The molecule has 0 bridgehead atoms. The number of fused-ring (bicyclic) bond motifs is 1. The summed E-state index contributed by atoms with van der Waals surface area (Å²) in [6.07, 6.45) is 4.72. The van der Waals surface area contributed by atoms with E-state index < -0.39 is 0 Å². The van der Waals surface area contributed by atoms with Crippen LogP contribution in [0.4, 0.5) is 0 Å². The van der Waals surface area contributed by atoms with Crippen molar-refractivity contribution < 1.29 is 4.74 Å². The Morgan fingerprint density at radius 3 is 2.37 bits per heavy atom. The molecule has 0 N–H and O–H groups in total. The minimum Gasteiger partial charge on any atom is -0.496 e. The maximum atomic E-state index is 5.52. The molecule has 0 fully saturated rings. The van der Waals surface area contributed by atoms with Crippen molar-refractivity contribution in [3.63, 3.8) is 0 Å². The molecule has 0 spiro atoms. The van der Waals surface area contributed by atoms with E-state index in [4.69, 9.17) is 4.74 Å². The van der Waals surface area contributed by atoms with Gasteiger partial charge in [-0.2, -0.15) is 0 Å². The predicted molar refractivity (Wildman–Crippen MR) is 84.0 cm³/mol. The van der Waals surface area contributed by atoms with Crippen molar-refractivity contribution in [2.45, 2.75) is 45.6 Å². The molecule has 106 valence electrons. The van der Waals surface area contributed by atoms with Crippen LogP contribution < -0.4 is 4.74 Å². The van der Waals surface area contributed by atoms with Crippen molar-refractivity contribution in [2.24, 2.45) is 0 Å². The first-order valence-corrected chi connectivity index (χ1v) is 8.08. The topological polar surface area (TPSA) is 12.5 Å². The number of nitrogens with zero attached hydrogens (tertiary/aromatic N) is 1. The molecule has 2 nitrogen and oxygen atoms in total. The van der Waals surface area contributed by atoms with Crippen LogP contribution in [-0.4, -0.2) is 31.1 Å². The minimum absolute atomic E-state index is 0.641. The molecule has 1 aliphatic rings. The molecule has 0 saturated carbocycles. The highest BCUT2D eigenvalue weighted by molar-refractivity contribution is 9.10. The molecule has 1 atom stereocenters. The van der Waals surface area contributed by atoms with E-state index in [9.17, 15) is 0 Å². The van der Waals surface area contributed by atoms with E-state index in [2.05, 4.69) is 46.8 Å². The summed E-state index contributed by atoms with van der Waals surface area (Å²) in [5, 5.41) is 0. The van der Waals surface area contributed by atoms with E-state index in [0.29, 0.717) is 6.04 Å². The van der Waals surface area contributed by atoms with Gasteiger partial charge in [0.25, 0.3) is 0 Å². The summed E-state index contributed by atoms with van der Waals surface area (Å²) in [7, 11) is 1.77. The van der Waals surface area contributed by atoms with Crippen LogP contribution >= 0.6 is 15.9 Å². The van der Waals surface area contributed by atoms with E-state index in [1.807, 2.05) is 0 Å². The third-order valence-corrected chi connectivity index (χ3v) is 4.71. The van der Waals surface area contributed by atoms with E-state index in [-0.39, 0.29) is 0 Å². The van der Waals surface area contributed by atoms with Crippen LogP contribution in [0.3, 0.4) is 0 Å². The Morgan fingerprint density at radius 2 is 1.79 bits per heavy atom. The predicted octanol–water partition coefficient (Wildman–Crippen LogP) is 4.05. The monoisotopic (exact) mass is 325 g/mol. The Bertz CT molecular complexity index is 427. The Balaban J connectivity index is 2.20. The quantitative estimate of drug-likeness (QED) is 0.782. The van der Waals surface area contributed by atoms with Crippen molar-refractivity contribution in [3.8, 4) is 5.75 Å². The minimum atomic E-state index is 0.641. The van der Waals surface area contributed by atoms with Crippen molar-refractivity contribution in [2.75, 3.05) is 20.2 Å². The standard InChI is InChI=1S/C16H24BrNO/c1-4-8-18(9-5-2)12-10-13-14(11-12)16(19-3)7-6-15(13)17/h6-7,12H,4-5,8-11H2,1-3H3. The molecule has 1 unspecified atom stereocenters. The van der Waals surface area contributed by atoms with Gasteiger partial charge in [-0.05, 0) is 56.5 Å². The average molecular weight is 326 g/mol. The van der Waals surface area contributed by atoms with Gasteiger partial charge in [0.05, 0.1) is 7.11 Å². The molecular weight excluding hydrogens is 302 g/mol. The van der Waals surface area contributed by atoms with Gasteiger partial charge in [0.15, 0.2) is 0 Å². The Hall–Kier alpha value is -0.540. The van der Waals surface area contributed by atoms with Crippen molar-refractivity contribution >= 4 is 15.9 Å². The molecule has 0 saturated heterocycles. The summed E-state index contributed by atoms with van der Waals surface area (Å²) in [5.74, 6) is 1.05. The first-order chi connectivity index (χ1) is 9.21. The lowest BCUT2D eigenvalue weighted by molar-refractivity contribution is 0.201. The zero-order valence-corrected chi connectivity index (χ0v) is 13.8. The molecule has 2 rings (SSSR count). The molecular formula is C16H24BrNO. The molecule has 19 heavy (non-hydrogen) atoms. The van der Waals surface area contributed by atoms with Gasteiger partial charge in [0.1, 0.15) is 5.75 Å². The summed E-state index contributed by atoms with van der Waals surface area (Å²) in [6.45, 7) is 6.93. The molecule has 0 aromatic heterocycles. The first-order valence-electron chi connectivity index (χ1n) is 7.29. The largest absolute Gasteiger partial charge is 0.496 e. The van der Waals surface area contributed by atoms with Gasteiger partial charge in [-0.25, -0.2) is 0 Å². The molecule has 0 heterocycles. The van der Waals surface area contributed by atoms with Crippen LogP contribution in [0.5, 0.6) is 5.75 Å². The van der Waals surface area contributed by atoms with Gasteiger partial charge < -0.3 is 4.74 Å². The summed E-state index contributed by atoms with van der Waals surface area (Å²) < 4.78 is 6.76. The molecule has 3 heteroatoms. The maximum Gasteiger partial charge on any atom is 0.122 e. The zero-order valence-electron chi connectivity index (χ0n) is 12.2. The second kappa shape index (κ2) is 6.76. The second-order valence-electron chi connectivity index (χ2n) is 5.30. The Labute approximate surface area is 125 Å². The molecule has 0 amide bonds. The highest BCUT2D eigenvalue weighted by atomic mass is 79.9. The Morgan fingerprint density at radius 1 is 1.16 bits per heavy atom. The third kappa shape index (κ3) is 3.14. The summed E-state index contributed by atoms with van der Waals surface area (Å²) >= 11 is 3.69. The van der Waals surface area contributed by atoms with E-state index in [1.165, 1.54) is 41.5 Å². The van der Waals surface area contributed by atoms with Crippen LogP contribution in [0.2, 0.25) is 0 Å². The van der Waals surface area contributed by atoms with E-state index in [1.54, 1.807) is 7.11 Å². The van der Waals surface area contributed by atoms with Gasteiger partial charge in [0, 0.05) is 16.1 Å². The fraction of sp³-hybridized carbons (Fsp3) is 0.625. The smallest absolute Gasteiger partial charge is 0.122 e. The SMILES string of the molecule is CCCN(CCC)C1Cc2c(Br)ccc(OC)c2C1. The van der Waals surface area contributed by atoms with Gasteiger partial charge in [-0.15, -0.1) is 0 Å². The van der Waals surface area contributed by atoms with Crippen LogP contribution in [0, 0.1) is 0 Å². The number of rotatable bonds is 6. The van der Waals surface area contributed by atoms with Crippen LogP contribution in [-0.2, 0) is 12.8 Å². The molecule has 1 aromatic carbocycles. The number of hydrogen-bond donors (Lipinski definition) is 0. The lowest BCUT2D eigenvalue weighted by atomic mass is 10.1. The second-order valence-corrected chi connectivity index (χ2v) is 6.16. The van der Waals surface area contributed by atoms with Crippen LogP contribution in [0.25, 0.3) is 0 Å². The lowest BCUT2D eigenvalue weighted by Crippen LogP contribution is -2.37. The van der Waals surface area contributed by atoms with E-state index >= 15 is 0 Å². The molecule has 0 aliphatic heterocycles. The average Bonchev–Trinajstić information content (AvgIpc) is 2.85. The summed E-state index contributed by atoms with van der Waals surface area (Å²) in [6, 6.07) is 4.83. The molecule has 1 aliphatic carbocycles. The highest BCUT2D eigenvalue weighted by Crippen LogP contribution is 2.37. The maximum absolute atomic E-state index is 5.52. The van der Waals surface area contributed by atoms with Gasteiger partial charge >= 0.3 is 0 Å². The molecule has 0 radical (unpaired) electrons. The number of halogens is 1. The van der Waals surface area contributed by atoms with Gasteiger partial charge in [-0.1, -0.05) is 29.8 Å². The fourth-order valence-electron chi connectivity index (χ4n) is 3.13. The summed E-state index contributed by atoms with van der Waals surface area (Å²) in [5.41, 5.74) is 2.85. The number of hydrogen-bond acceptors (Lipinski definition) is 2. The number of ether oxygens (including phenoxy) is 1. The molecule has 1 aromatic rings. The van der Waals surface area contributed by atoms with Crippen molar-refractivity contribution in [1.82, 2.24) is 4.90 Å². The van der Waals surface area contributed by atoms with E-state index in [0.717, 1.165) is 18.6 Å². The Kier molecular flexibility index (Phi) is 5.28. The van der Waals surface area contributed by atoms with Crippen LogP contribution in [0.15, 0.2) is 16.6 Å². The van der Waals surface area contributed by atoms with Crippen LogP contribution in [0.1, 0.15) is 37.8 Å². The third-order valence-electron chi connectivity index (χ3n) is 3.97. The van der Waals surface area contributed by atoms with Crippen molar-refractivity contribution in [1.29, 1.82) is 0 Å². The fourth-order valence-corrected chi connectivity index (χ4v) is 3.66.